The fourth-order valence-electron chi connectivity index (χ4n) is 3.01. The van der Waals surface area contributed by atoms with Gasteiger partial charge < -0.3 is 10.1 Å². The van der Waals surface area contributed by atoms with E-state index in [9.17, 15) is 0 Å². The lowest BCUT2D eigenvalue weighted by molar-refractivity contribution is 0.111. The molecule has 2 heterocycles. The minimum atomic E-state index is 0.286. The highest BCUT2D eigenvalue weighted by atomic mass is 32.1. The summed E-state index contributed by atoms with van der Waals surface area (Å²) in [5, 5.41) is 4.80. The normalized spacial score (nSPS) is 26.9. The first-order valence-electron chi connectivity index (χ1n) is 7.58. The van der Waals surface area contributed by atoms with E-state index in [-0.39, 0.29) is 6.10 Å². The lowest BCUT2D eigenvalue weighted by Crippen LogP contribution is -2.29. The number of nitrogens with zero attached hydrogens (tertiary/aromatic N) is 1. The van der Waals surface area contributed by atoms with Gasteiger partial charge in [-0.3, -0.25) is 0 Å². The minimum Gasteiger partial charge on any atom is -0.371 e. The van der Waals surface area contributed by atoms with Crippen LogP contribution in [-0.2, 0) is 11.2 Å². The number of fused-ring (bicyclic) bond motifs is 1. The number of thiazole rings is 1. The monoisotopic (exact) mass is 280 g/mol. The molecule has 19 heavy (non-hydrogen) atoms. The van der Waals surface area contributed by atoms with E-state index in [0.717, 1.165) is 19.6 Å². The van der Waals surface area contributed by atoms with Gasteiger partial charge in [0.15, 0.2) is 0 Å². The smallest absolute Gasteiger partial charge is 0.122 e. The molecule has 2 atom stereocenters. The van der Waals surface area contributed by atoms with E-state index in [1.54, 1.807) is 0 Å². The number of ether oxygens (including phenoxy) is 1. The van der Waals surface area contributed by atoms with Crippen LogP contribution in [0.5, 0.6) is 0 Å². The second-order valence-electron chi connectivity index (χ2n) is 6.01. The molecule has 3 rings (SSSR count). The van der Waals surface area contributed by atoms with Crippen LogP contribution >= 0.6 is 11.3 Å². The van der Waals surface area contributed by atoms with Gasteiger partial charge in [-0.25, -0.2) is 4.98 Å². The Morgan fingerprint density at radius 1 is 1.37 bits per heavy atom. The lowest BCUT2D eigenvalue weighted by atomic mass is 9.91. The van der Waals surface area contributed by atoms with E-state index in [4.69, 9.17) is 9.72 Å². The van der Waals surface area contributed by atoms with Crippen molar-refractivity contribution in [2.24, 2.45) is 0 Å². The Balaban J connectivity index is 1.75. The quantitative estimate of drug-likeness (QED) is 0.917. The summed E-state index contributed by atoms with van der Waals surface area (Å²) < 4.78 is 5.78. The molecule has 0 saturated carbocycles. The van der Waals surface area contributed by atoms with Crippen molar-refractivity contribution in [1.82, 2.24) is 10.3 Å². The average Bonchev–Trinajstić information content (AvgIpc) is 3.04. The molecule has 0 radical (unpaired) electrons. The van der Waals surface area contributed by atoms with Gasteiger partial charge in [0.1, 0.15) is 11.1 Å². The number of nitrogens with one attached hydrogen (secondary N) is 1. The highest BCUT2D eigenvalue weighted by molar-refractivity contribution is 7.11. The van der Waals surface area contributed by atoms with Crippen molar-refractivity contribution in [2.75, 3.05) is 13.2 Å². The molecular formula is C15H24N2OS. The average molecular weight is 280 g/mol. The zero-order valence-corrected chi connectivity index (χ0v) is 12.8. The standard InChI is InChI=1S/C15H24N2OS/c1-10(2)16-9-11-5-3-7-13-14(11)17-15(19-13)12-6-4-8-18-12/h10-12,16H,3-9H2,1-2H3. The number of rotatable bonds is 4. The molecule has 3 nitrogen and oxygen atoms in total. The van der Waals surface area contributed by atoms with Crippen molar-refractivity contribution < 1.29 is 4.74 Å². The Kier molecular flexibility index (Phi) is 4.20. The van der Waals surface area contributed by atoms with Crippen molar-refractivity contribution in [2.45, 2.75) is 64.0 Å². The third kappa shape index (κ3) is 3.01. The van der Waals surface area contributed by atoms with Crippen LogP contribution < -0.4 is 5.32 Å². The first-order valence-corrected chi connectivity index (χ1v) is 8.40. The van der Waals surface area contributed by atoms with Crippen LogP contribution in [0.15, 0.2) is 0 Å². The summed E-state index contributed by atoms with van der Waals surface area (Å²) in [7, 11) is 0. The summed E-state index contributed by atoms with van der Waals surface area (Å²) in [6.45, 7) is 6.40. The van der Waals surface area contributed by atoms with Crippen LogP contribution in [0.2, 0.25) is 0 Å². The van der Waals surface area contributed by atoms with Crippen LogP contribution in [0.25, 0.3) is 0 Å². The summed E-state index contributed by atoms with van der Waals surface area (Å²) in [5.74, 6) is 0.609. The summed E-state index contributed by atoms with van der Waals surface area (Å²) in [5.41, 5.74) is 1.37. The van der Waals surface area contributed by atoms with Crippen molar-refractivity contribution in [3.05, 3.63) is 15.6 Å². The van der Waals surface area contributed by atoms with Gasteiger partial charge in [-0.15, -0.1) is 11.3 Å². The van der Waals surface area contributed by atoms with Crippen LogP contribution in [-0.4, -0.2) is 24.2 Å². The molecule has 1 saturated heterocycles. The van der Waals surface area contributed by atoms with Gasteiger partial charge >= 0.3 is 0 Å². The maximum atomic E-state index is 5.78. The van der Waals surface area contributed by atoms with Crippen LogP contribution in [0.4, 0.5) is 0 Å². The van der Waals surface area contributed by atoms with Crippen LogP contribution in [0.3, 0.4) is 0 Å². The molecule has 1 aromatic heterocycles. The van der Waals surface area contributed by atoms with E-state index in [1.807, 2.05) is 11.3 Å². The largest absolute Gasteiger partial charge is 0.371 e. The molecule has 1 aliphatic heterocycles. The number of aromatic nitrogens is 1. The first kappa shape index (κ1) is 13.5. The molecule has 4 heteroatoms. The Morgan fingerprint density at radius 2 is 2.26 bits per heavy atom. The van der Waals surface area contributed by atoms with E-state index < -0.39 is 0 Å². The lowest BCUT2D eigenvalue weighted by Gasteiger charge is -2.22. The first-order chi connectivity index (χ1) is 9.24. The topological polar surface area (TPSA) is 34.1 Å². The number of hydrogen-bond acceptors (Lipinski definition) is 4. The SMILES string of the molecule is CC(C)NCC1CCCc2sc(C3CCCO3)nc21. The molecule has 0 bridgehead atoms. The Bertz CT molecular complexity index is 424. The minimum absolute atomic E-state index is 0.286. The third-order valence-corrected chi connectivity index (χ3v) is 5.29. The zero-order chi connectivity index (χ0) is 13.2. The van der Waals surface area contributed by atoms with Gasteiger partial charge in [0.05, 0.1) is 5.69 Å². The molecule has 1 fully saturated rings. The highest BCUT2D eigenvalue weighted by Crippen LogP contribution is 2.39. The maximum absolute atomic E-state index is 5.78. The van der Waals surface area contributed by atoms with Gasteiger partial charge in [0.25, 0.3) is 0 Å². The summed E-state index contributed by atoms with van der Waals surface area (Å²) >= 11 is 1.91. The zero-order valence-electron chi connectivity index (χ0n) is 11.9. The Labute approximate surface area is 119 Å². The highest BCUT2D eigenvalue weighted by Gasteiger charge is 2.28. The summed E-state index contributed by atoms with van der Waals surface area (Å²) in [6, 6.07) is 0.557. The summed E-state index contributed by atoms with van der Waals surface area (Å²) in [4.78, 5) is 6.47. The van der Waals surface area contributed by atoms with Gasteiger partial charge in [-0.05, 0) is 32.1 Å². The van der Waals surface area contributed by atoms with E-state index in [2.05, 4.69) is 19.2 Å². The third-order valence-electron chi connectivity index (χ3n) is 4.06. The van der Waals surface area contributed by atoms with E-state index in [1.165, 1.54) is 41.3 Å². The molecule has 1 aliphatic carbocycles. The molecule has 0 spiro atoms. The predicted octanol–water partition coefficient (Wildman–Crippen LogP) is 3.41. The second kappa shape index (κ2) is 5.90. The second-order valence-corrected chi connectivity index (χ2v) is 7.13. The van der Waals surface area contributed by atoms with Crippen LogP contribution in [0.1, 0.15) is 67.1 Å². The van der Waals surface area contributed by atoms with Crippen molar-refractivity contribution in [1.29, 1.82) is 0 Å². The van der Waals surface area contributed by atoms with Crippen molar-refractivity contribution in [3.63, 3.8) is 0 Å². The Morgan fingerprint density at radius 3 is 3.00 bits per heavy atom. The molecule has 106 valence electrons. The molecule has 2 aliphatic rings. The molecule has 1 N–H and O–H groups in total. The van der Waals surface area contributed by atoms with E-state index in [0.29, 0.717) is 12.0 Å². The number of aryl methyl sites for hydroxylation is 1. The molecule has 1 aromatic rings. The summed E-state index contributed by atoms with van der Waals surface area (Å²) in [6.07, 6.45) is 6.44. The number of hydrogen-bond donors (Lipinski definition) is 1. The van der Waals surface area contributed by atoms with Crippen molar-refractivity contribution >= 4 is 11.3 Å². The van der Waals surface area contributed by atoms with Gasteiger partial charge in [0, 0.05) is 30.0 Å². The molecular weight excluding hydrogens is 256 g/mol. The Hall–Kier alpha value is -0.450. The molecule has 2 unspecified atom stereocenters. The van der Waals surface area contributed by atoms with Gasteiger partial charge in [-0.2, -0.15) is 0 Å². The van der Waals surface area contributed by atoms with Crippen LogP contribution in [0, 0.1) is 0 Å². The van der Waals surface area contributed by atoms with Gasteiger partial charge in [-0.1, -0.05) is 13.8 Å². The van der Waals surface area contributed by atoms with E-state index >= 15 is 0 Å². The van der Waals surface area contributed by atoms with Gasteiger partial charge in [0.2, 0.25) is 0 Å². The fourth-order valence-corrected chi connectivity index (χ4v) is 4.29. The molecule has 0 amide bonds. The fraction of sp³-hybridized carbons (Fsp3) is 0.800. The maximum Gasteiger partial charge on any atom is 0.122 e. The predicted molar refractivity (Wildman–Crippen MR) is 78.9 cm³/mol. The molecule has 0 aromatic carbocycles. The van der Waals surface area contributed by atoms with Crippen molar-refractivity contribution in [3.8, 4) is 0 Å².